The van der Waals surface area contributed by atoms with Gasteiger partial charge in [-0.2, -0.15) is 4.31 Å². The Hall–Kier alpha value is -1.44. The first kappa shape index (κ1) is 21.9. The van der Waals surface area contributed by atoms with E-state index in [-0.39, 0.29) is 17.7 Å². The summed E-state index contributed by atoms with van der Waals surface area (Å²) >= 11 is 0. The highest BCUT2D eigenvalue weighted by atomic mass is 32.2. The number of carbonyl (C=O) groups excluding carboxylic acids is 1. The van der Waals surface area contributed by atoms with E-state index in [4.69, 9.17) is 0 Å². The molecule has 152 valence electrons. The quantitative estimate of drug-likeness (QED) is 0.644. The summed E-state index contributed by atoms with van der Waals surface area (Å²) in [6.45, 7) is 9.11. The van der Waals surface area contributed by atoms with Crippen molar-refractivity contribution in [3.05, 3.63) is 35.9 Å². The van der Waals surface area contributed by atoms with Crippen LogP contribution >= 0.6 is 0 Å². The van der Waals surface area contributed by atoms with E-state index in [0.717, 1.165) is 23.3 Å². The molecule has 1 saturated heterocycles. The molecule has 0 radical (unpaired) electrons. The Bertz CT molecular complexity index is 684. The third kappa shape index (κ3) is 7.60. The van der Waals surface area contributed by atoms with Crippen molar-refractivity contribution in [2.45, 2.75) is 45.4 Å². The van der Waals surface area contributed by atoms with Crippen LogP contribution in [0.2, 0.25) is 0 Å². The number of rotatable bonds is 9. The first-order chi connectivity index (χ1) is 12.8. The predicted molar refractivity (Wildman–Crippen MR) is 108 cm³/mol. The molecule has 2 N–H and O–H groups in total. The molecular weight excluding hydrogens is 362 g/mol. The number of sulfonamides is 1. The minimum Gasteiger partial charge on any atom is -0.349 e. The van der Waals surface area contributed by atoms with Crippen LogP contribution in [0.4, 0.5) is 0 Å². The number of piperazine rings is 1. The highest BCUT2D eigenvalue weighted by Gasteiger charge is 2.30. The molecule has 0 spiro atoms. The predicted octanol–water partition coefficient (Wildman–Crippen LogP) is 0.658. The van der Waals surface area contributed by atoms with Gasteiger partial charge in [-0.05, 0) is 31.2 Å². The van der Waals surface area contributed by atoms with Gasteiger partial charge in [-0.15, -0.1) is 0 Å². The van der Waals surface area contributed by atoms with Crippen molar-refractivity contribution in [2.24, 2.45) is 5.92 Å². The molecule has 1 fully saturated rings. The zero-order valence-electron chi connectivity index (χ0n) is 16.8. The molecule has 1 aromatic rings. The van der Waals surface area contributed by atoms with Crippen molar-refractivity contribution in [1.82, 2.24) is 9.62 Å². The van der Waals surface area contributed by atoms with Gasteiger partial charge < -0.3 is 10.2 Å². The largest absolute Gasteiger partial charge is 0.349 e. The van der Waals surface area contributed by atoms with Crippen LogP contribution in [0.1, 0.15) is 39.2 Å². The fourth-order valence-corrected chi connectivity index (χ4v) is 4.88. The maximum atomic E-state index is 12.6. The van der Waals surface area contributed by atoms with E-state index in [1.54, 1.807) is 4.31 Å². The van der Waals surface area contributed by atoms with Crippen LogP contribution in [0.15, 0.2) is 30.3 Å². The Morgan fingerprint density at radius 2 is 1.74 bits per heavy atom. The Balaban J connectivity index is 1.75. The second kappa shape index (κ2) is 10.2. The number of quaternary nitrogens is 1. The van der Waals surface area contributed by atoms with Crippen molar-refractivity contribution < 1.29 is 18.1 Å². The van der Waals surface area contributed by atoms with Crippen LogP contribution in [-0.2, 0) is 20.6 Å². The van der Waals surface area contributed by atoms with Gasteiger partial charge in [0.05, 0.1) is 31.9 Å². The van der Waals surface area contributed by atoms with Crippen LogP contribution in [0, 0.1) is 5.92 Å². The Labute approximate surface area is 164 Å². The van der Waals surface area contributed by atoms with E-state index in [9.17, 15) is 13.2 Å². The number of nitrogens with one attached hydrogen (secondary N) is 2. The van der Waals surface area contributed by atoms with Crippen LogP contribution in [0.5, 0.6) is 0 Å². The molecule has 1 aliphatic rings. The molecule has 27 heavy (non-hydrogen) atoms. The SMILES string of the molecule is CC(C)CC[C@@H](C)NC(=O)C[NH+]1CCN(S(=O)(=O)Cc2ccccc2)CC1. The highest BCUT2D eigenvalue weighted by Crippen LogP contribution is 2.10. The minimum absolute atomic E-state index is 0.0387. The second-order valence-corrected chi connectivity index (χ2v) is 9.98. The average Bonchev–Trinajstić information content (AvgIpc) is 2.61. The summed E-state index contributed by atoms with van der Waals surface area (Å²) < 4.78 is 26.7. The molecular formula is C20H34N3O3S+. The van der Waals surface area contributed by atoms with Gasteiger partial charge in [0.25, 0.3) is 5.91 Å². The zero-order valence-corrected chi connectivity index (χ0v) is 17.6. The molecule has 7 heteroatoms. The lowest BCUT2D eigenvalue weighted by Crippen LogP contribution is -3.15. The lowest BCUT2D eigenvalue weighted by atomic mass is 10.0. The highest BCUT2D eigenvalue weighted by molar-refractivity contribution is 7.88. The number of benzene rings is 1. The summed E-state index contributed by atoms with van der Waals surface area (Å²) in [6.07, 6.45) is 2.09. The normalized spacial score (nSPS) is 17.8. The zero-order chi connectivity index (χ0) is 19.9. The summed E-state index contributed by atoms with van der Waals surface area (Å²) in [5.41, 5.74) is 0.807. The van der Waals surface area contributed by atoms with Crippen molar-refractivity contribution in [2.75, 3.05) is 32.7 Å². The lowest BCUT2D eigenvalue weighted by molar-refractivity contribution is -0.895. The van der Waals surface area contributed by atoms with Crippen LogP contribution in [-0.4, -0.2) is 57.4 Å². The fourth-order valence-electron chi connectivity index (χ4n) is 3.34. The minimum atomic E-state index is -3.30. The number of nitrogens with zero attached hydrogens (tertiary/aromatic N) is 1. The van der Waals surface area contributed by atoms with Gasteiger partial charge in [-0.25, -0.2) is 8.42 Å². The van der Waals surface area contributed by atoms with E-state index < -0.39 is 10.0 Å². The second-order valence-electron chi connectivity index (χ2n) is 8.01. The van der Waals surface area contributed by atoms with Crippen molar-refractivity contribution in [3.63, 3.8) is 0 Å². The summed E-state index contributed by atoms with van der Waals surface area (Å²) in [5.74, 6) is 0.736. The fraction of sp³-hybridized carbons (Fsp3) is 0.650. The van der Waals surface area contributed by atoms with Crippen molar-refractivity contribution >= 4 is 15.9 Å². The topological polar surface area (TPSA) is 70.9 Å². The molecule has 6 nitrogen and oxygen atoms in total. The first-order valence-corrected chi connectivity index (χ1v) is 11.5. The van der Waals surface area contributed by atoms with Crippen LogP contribution in [0.3, 0.4) is 0 Å². The van der Waals surface area contributed by atoms with Gasteiger partial charge in [0, 0.05) is 6.04 Å². The third-order valence-corrected chi connectivity index (χ3v) is 6.86. The van der Waals surface area contributed by atoms with Gasteiger partial charge >= 0.3 is 0 Å². The standard InChI is InChI=1S/C20H33N3O3S/c1-17(2)9-10-18(3)21-20(24)15-22-11-13-23(14-12-22)27(25,26)16-19-7-5-4-6-8-19/h4-8,17-18H,9-16H2,1-3H3,(H,21,24)/p+1/t18-/m1/s1. The van der Waals surface area contributed by atoms with E-state index in [1.165, 1.54) is 0 Å². The van der Waals surface area contributed by atoms with E-state index in [0.29, 0.717) is 38.6 Å². The average molecular weight is 397 g/mol. The summed E-state index contributed by atoms with van der Waals surface area (Å²) in [5, 5.41) is 3.07. The number of amides is 1. The number of hydrogen-bond donors (Lipinski definition) is 2. The van der Waals surface area contributed by atoms with Crippen molar-refractivity contribution in [1.29, 1.82) is 0 Å². The molecule has 0 saturated carbocycles. The smallest absolute Gasteiger partial charge is 0.275 e. The monoisotopic (exact) mass is 396 g/mol. The first-order valence-electron chi connectivity index (χ1n) is 9.91. The summed E-state index contributed by atoms with van der Waals surface area (Å²) in [4.78, 5) is 13.4. The van der Waals surface area contributed by atoms with Crippen LogP contribution < -0.4 is 10.2 Å². The van der Waals surface area contributed by atoms with E-state index >= 15 is 0 Å². The Morgan fingerprint density at radius 1 is 1.11 bits per heavy atom. The Kier molecular flexibility index (Phi) is 8.26. The number of hydrogen-bond acceptors (Lipinski definition) is 3. The third-order valence-electron chi connectivity index (χ3n) is 5.01. The van der Waals surface area contributed by atoms with Gasteiger partial charge in [-0.3, -0.25) is 4.79 Å². The molecule has 0 aromatic heterocycles. The molecule has 1 heterocycles. The van der Waals surface area contributed by atoms with Crippen LogP contribution in [0.25, 0.3) is 0 Å². The maximum Gasteiger partial charge on any atom is 0.275 e. The summed E-state index contributed by atoms with van der Waals surface area (Å²) in [6, 6.07) is 9.45. The maximum absolute atomic E-state index is 12.6. The molecule has 1 atom stereocenters. The van der Waals surface area contributed by atoms with Gasteiger partial charge in [0.1, 0.15) is 0 Å². The molecule has 0 unspecified atom stereocenters. The van der Waals surface area contributed by atoms with Crippen molar-refractivity contribution in [3.8, 4) is 0 Å². The van der Waals surface area contributed by atoms with E-state index in [1.807, 2.05) is 37.3 Å². The Morgan fingerprint density at radius 3 is 2.33 bits per heavy atom. The van der Waals surface area contributed by atoms with Gasteiger partial charge in [0.15, 0.2) is 6.54 Å². The number of carbonyl (C=O) groups is 1. The molecule has 1 aromatic carbocycles. The van der Waals surface area contributed by atoms with E-state index in [2.05, 4.69) is 19.2 Å². The van der Waals surface area contributed by atoms with Gasteiger partial charge in [0.2, 0.25) is 10.0 Å². The molecule has 2 rings (SSSR count). The molecule has 0 aliphatic carbocycles. The molecule has 0 bridgehead atoms. The lowest BCUT2D eigenvalue weighted by Gasteiger charge is -2.31. The molecule has 1 amide bonds. The molecule has 1 aliphatic heterocycles. The summed E-state index contributed by atoms with van der Waals surface area (Å²) in [7, 11) is -3.30. The van der Waals surface area contributed by atoms with Gasteiger partial charge in [-0.1, -0.05) is 44.2 Å².